The SMILES string of the molecule is COCCNC(=O)NC1CCNC1. The van der Waals surface area contributed by atoms with E-state index in [1.165, 1.54) is 0 Å². The normalized spacial score (nSPS) is 21.5. The first kappa shape index (κ1) is 10.3. The fraction of sp³-hybridized carbons (Fsp3) is 0.875. The molecule has 76 valence electrons. The van der Waals surface area contributed by atoms with Gasteiger partial charge in [-0.3, -0.25) is 0 Å². The van der Waals surface area contributed by atoms with Crippen molar-refractivity contribution < 1.29 is 9.53 Å². The monoisotopic (exact) mass is 187 g/mol. The highest BCUT2D eigenvalue weighted by atomic mass is 16.5. The predicted octanol–water partition coefficient (Wildman–Crippen LogP) is -0.706. The summed E-state index contributed by atoms with van der Waals surface area (Å²) in [6.45, 7) is 2.97. The molecule has 2 amide bonds. The zero-order chi connectivity index (χ0) is 9.52. The largest absolute Gasteiger partial charge is 0.383 e. The second kappa shape index (κ2) is 5.77. The summed E-state index contributed by atoms with van der Waals surface area (Å²) in [7, 11) is 1.61. The number of rotatable bonds is 4. The van der Waals surface area contributed by atoms with Crippen LogP contribution in [-0.4, -0.2) is 45.4 Å². The van der Waals surface area contributed by atoms with Crippen LogP contribution in [0.5, 0.6) is 0 Å². The summed E-state index contributed by atoms with van der Waals surface area (Å²) in [5.74, 6) is 0. The van der Waals surface area contributed by atoms with Crippen molar-refractivity contribution in [2.75, 3.05) is 33.4 Å². The average molecular weight is 187 g/mol. The van der Waals surface area contributed by atoms with E-state index in [-0.39, 0.29) is 12.1 Å². The second-order valence-electron chi connectivity index (χ2n) is 3.08. The second-order valence-corrected chi connectivity index (χ2v) is 3.08. The Morgan fingerprint density at radius 1 is 1.69 bits per heavy atom. The first-order valence-corrected chi connectivity index (χ1v) is 4.57. The number of hydrogen-bond donors (Lipinski definition) is 3. The quantitative estimate of drug-likeness (QED) is 0.510. The first-order valence-electron chi connectivity index (χ1n) is 4.57. The maximum atomic E-state index is 11.2. The summed E-state index contributed by atoms with van der Waals surface area (Å²) < 4.78 is 4.81. The van der Waals surface area contributed by atoms with Crippen LogP contribution >= 0.6 is 0 Å². The zero-order valence-corrected chi connectivity index (χ0v) is 7.93. The van der Waals surface area contributed by atoms with Crippen molar-refractivity contribution in [2.45, 2.75) is 12.5 Å². The number of methoxy groups -OCH3 is 1. The lowest BCUT2D eigenvalue weighted by Crippen LogP contribution is -2.43. The van der Waals surface area contributed by atoms with E-state index >= 15 is 0 Å². The number of nitrogens with one attached hydrogen (secondary N) is 3. The minimum Gasteiger partial charge on any atom is -0.383 e. The smallest absolute Gasteiger partial charge is 0.315 e. The molecule has 13 heavy (non-hydrogen) atoms. The minimum absolute atomic E-state index is 0.106. The van der Waals surface area contributed by atoms with E-state index in [1.807, 2.05) is 0 Å². The maximum Gasteiger partial charge on any atom is 0.315 e. The molecule has 0 aromatic heterocycles. The number of hydrogen-bond acceptors (Lipinski definition) is 3. The fourth-order valence-corrected chi connectivity index (χ4v) is 1.28. The molecule has 1 aliphatic heterocycles. The number of urea groups is 1. The van der Waals surface area contributed by atoms with Gasteiger partial charge in [-0.05, 0) is 13.0 Å². The summed E-state index contributed by atoms with van der Waals surface area (Å²) in [6, 6.07) is 0.174. The molecule has 1 aliphatic rings. The van der Waals surface area contributed by atoms with Gasteiger partial charge < -0.3 is 20.7 Å². The molecular weight excluding hydrogens is 170 g/mol. The first-order chi connectivity index (χ1) is 6.33. The van der Waals surface area contributed by atoms with Crippen LogP contribution in [0.3, 0.4) is 0 Å². The Morgan fingerprint density at radius 2 is 2.54 bits per heavy atom. The van der Waals surface area contributed by atoms with Crippen LogP contribution in [0.1, 0.15) is 6.42 Å². The highest BCUT2D eigenvalue weighted by Crippen LogP contribution is 1.95. The van der Waals surface area contributed by atoms with Crippen molar-refractivity contribution in [3.8, 4) is 0 Å². The molecule has 5 nitrogen and oxygen atoms in total. The lowest BCUT2D eigenvalue weighted by atomic mass is 10.3. The molecule has 5 heteroatoms. The Balaban J connectivity index is 2.02. The number of ether oxygens (including phenoxy) is 1. The van der Waals surface area contributed by atoms with Crippen molar-refractivity contribution in [1.29, 1.82) is 0 Å². The van der Waals surface area contributed by atoms with E-state index in [1.54, 1.807) is 7.11 Å². The number of carbonyl (C=O) groups is 1. The molecule has 1 atom stereocenters. The van der Waals surface area contributed by atoms with Gasteiger partial charge in [-0.25, -0.2) is 4.79 Å². The summed E-state index contributed by atoms with van der Waals surface area (Å²) in [6.07, 6.45) is 1.01. The Morgan fingerprint density at radius 3 is 3.15 bits per heavy atom. The van der Waals surface area contributed by atoms with E-state index < -0.39 is 0 Å². The van der Waals surface area contributed by atoms with E-state index in [4.69, 9.17) is 4.74 Å². The van der Waals surface area contributed by atoms with Gasteiger partial charge in [-0.2, -0.15) is 0 Å². The van der Waals surface area contributed by atoms with Gasteiger partial charge in [0.15, 0.2) is 0 Å². The third-order valence-electron chi connectivity index (χ3n) is 1.99. The Hall–Kier alpha value is -0.810. The molecule has 0 saturated carbocycles. The van der Waals surface area contributed by atoms with Crippen LogP contribution in [0.25, 0.3) is 0 Å². The molecule has 0 aromatic rings. The molecule has 0 radical (unpaired) electrons. The summed E-state index contributed by atoms with van der Waals surface area (Å²) in [4.78, 5) is 11.2. The molecule has 0 bridgehead atoms. The summed E-state index contributed by atoms with van der Waals surface area (Å²) in [5.41, 5.74) is 0. The Bertz CT molecular complexity index is 157. The van der Waals surface area contributed by atoms with Crippen LogP contribution in [0, 0.1) is 0 Å². The highest BCUT2D eigenvalue weighted by Gasteiger charge is 2.15. The molecule has 1 fully saturated rings. The molecule has 3 N–H and O–H groups in total. The average Bonchev–Trinajstić information content (AvgIpc) is 2.57. The molecule has 0 aliphatic carbocycles. The molecule has 1 rings (SSSR count). The lowest BCUT2D eigenvalue weighted by Gasteiger charge is -2.11. The number of carbonyl (C=O) groups excluding carboxylic acids is 1. The van der Waals surface area contributed by atoms with Crippen LogP contribution < -0.4 is 16.0 Å². The van der Waals surface area contributed by atoms with Gasteiger partial charge in [0.25, 0.3) is 0 Å². The topological polar surface area (TPSA) is 62.4 Å². The zero-order valence-electron chi connectivity index (χ0n) is 7.93. The maximum absolute atomic E-state index is 11.2. The highest BCUT2D eigenvalue weighted by molar-refractivity contribution is 5.74. The third-order valence-corrected chi connectivity index (χ3v) is 1.99. The van der Waals surface area contributed by atoms with E-state index in [2.05, 4.69) is 16.0 Å². The number of amides is 2. The molecule has 1 unspecified atom stereocenters. The lowest BCUT2D eigenvalue weighted by molar-refractivity contribution is 0.195. The van der Waals surface area contributed by atoms with Gasteiger partial charge in [-0.1, -0.05) is 0 Å². The molecule has 0 aromatic carbocycles. The van der Waals surface area contributed by atoms with Crippen LogP contribution in [-0.2, 0) is 4.74 Å². The summed E-state index contributed by atoms with van der Waals surface area (Å²) >= 11 is 0. The predicted molar refractivity (Wildman–Crippen MR) is 49.7 cm³/mol. The standard InChI is InChI=1S/C8H17N3O2/c1-13-5-4-10-8(12)11-7-2-3-9-6-7/h7,9H,2-6H2,1H3,(H2,10,11,12). The van der Waals surface area contributed by atoms with Gasteiger partial charge in [-0.15, -0.1) is 0 Å². The Labute approximate surface area is 78.2 Å². The van der Waals surface area contributed by atoms with Crippen LogP contribution in [0.15, 0.2) is 0 Å². The molecule has 1 saturated heterocycles. The van der Waals surface area contributed by atoms with E-state index in [9.17, 15) is 4.79 Å². The van der Waals surface area contributed by atoms with Crippen LogP contribution in [0.4, 0.5) is 4.79 Å². The van der Waals surface area contributed by atoms with Crippen molar-refractivity contribution in [3.63, 3.8) is 0 Å². The van der Waals surface area contributed by atoms with E-state index in [0.717, 1.165) is 19.5 Å². The van der Waals surface area contributed by atoms with Crippen molar-refractivity contribution >= 4 is 6.03 Å². The van der Waals surface area contributed by atoms with Crippen LogP contribution in [0.2, 0.25) is 0 Å². The van der Waals surface area contributed by atoms with Gasteiger partial charge in [0, 0.05) is 26.2 Å². The van der Waals surface area contributed by atoms with Crippen molar-refractivity contribution in [1.82, 2.24) is 16.0 Å². The Kier molecular flexibility index (Phi) is 4.56. The minimum atomic E-state index is -0.106. The fourth-order valence-electron chi connectivity index (χ4n) is 1.28. The van der Waals surface area contributed by atoms with Gasteiger partial charge in [0.2, 0.25) is 0 Å². The molecule has 1 heterocycles. The van der Waals surface area contributed by atoms with Crippen molar-refractivity contribution in [3.05, 3.63) is 0 Å². The van der Waals surface area contributed by atoms with Gasteiger partial charge >= 0.3 is 6.03 Å². The van der Waals surface area contributed by atoms with Gasteiger partial charge in [0.05, 0.1) is 6.61 Å². The van der Waals surface area contributed by atoms with Crippen molar-refractivity contribution in [2.24, 2.45) is 0 Å². The molecule has 0 spiro atoms. The summed E-state index contributed by atoms with van der Waals surface area (Å²) in [5, 5.41) is 8.76. The third kappa shape index (κ3) is 4.10. The van der Waals surface area contributed by atoms with Gasteiger partial charge in [0.1, 0.15) is 0 Å². The van der Waals surface area contributed by atoms with E-state index in [0.29, 0.717) is 13.2 Å². The molecular formula is C8H17N3O2.